The van der Waals surface area contributed by atoms with Crippen LogP contribution in [0.4, 0.5) is 0 Å². The second-order valence-corrected chi connectivity index (χ2v) is 6.29. The first-order valence-electron chi connectivity index (χ1n) is 9.39. The van der Waals surface area contributed by atoms with Crippen molar-refractivity contribution in [1.29, 1.82) is 0 Å². The third-order valence-corrected chi connectivity index (χ3v) is 4.17. The number of hydrogen-bond donors (Lipinski definition) is 1. The highest BCUT2D eigenvalue weighted by molar-refractivity contribution is 5.96. The van der Waals surface area contributed by atoms with Gasteiger partial charge in [0.1, 0.15) is 11.5 Å². The van der Waals surface area contributed by atoms with Gasteiger partial charge in [0.15, 0.2) is 0 Å². The van der Waals surface area contributed by atoms with E-state index in [1.807, 2.05) is 30.3 Å². The predicted molar refractivity (Wildman–Crippen MR) is 104 cm³/mol. The van der Waals surface area contributed by atoms with E-state index in [0.29, 0.717) is 24.5 Å². The van der Waals surface area contributed by atoms with Crippen LogP contribution >= 0.6 is 0 Å². The molecule has 0 unspecified atom stereocenters. The van der Waals surface area contributed by atoms with E-state index in [0.717, 1.165) is 43.4 Å². The van der Waals surface area contributed by atoms with Gasteiger partial charge < -0.3 is 14.6 Å². The SMILES string of the molecule is CCCCCOc1ccc(C(=O)O)c(-c2ccc(OCCCC)cc2)c1. The van der Waals surface area contributed by atoms with Crippen LogP contribution in [0.3, 0.4) is 0 Å². The van der Waals surface area contributed by atoms with E-state index in [1.165, 1.54) is 0 Å². The van der Waals surface area contributed by atoms with Crippen LogP contribution in [-0.4, -0.2) is 24.3 Å². The Morgan fingerprint density at radius 3 is 2.12 bits per heavy atom. The fourth-order valence-electron chi connectivity index (χ4n) is 2.65. The van der Waals surface area contributed by atoms with Gasteiger partial charge in [-0.3, -0.25) is 0 Å². The maximum atomic E-state index is 11.6. The molecule has 0 bridgehead atoms. The standard InChI is InChI=1S/C22H28O4/c1-3-5-7-15-26-19-12-13-20(22(23)24)21(16-19)17-8-10-18(11-9-17)25-14-6-4-2/h8-13,16H,3-7,14-15H2,1-2H3,(H,23,24). The first kappa shape index (κ1) is 19.8. The molecule has 2 rings (SSSR count). The second kappa shape index (κ2) is 10.5. The van der Waals surface area contributed by atoms with Crippen molar-refractivity contribution in [2.45, 2.75) is 46.0 Å². The van der Waals surface area contributed by atoms with Gasteiger partial charge in [0.05, 0.1) is 18.8 Å². The molecule has 0 saturated carbocycles. The highest BCUT2D eigenvalue weighted by atomic mass is 16.5. The number of carboxylic acids is 1. The minimum Gasteiger partial charge on any atom is -0.494 e. The minimum absolute atomic E-state index is 0.269. The number of carboxylic acid groups (broad SMARTS) is 1. The van der Waals surface area contributed by atoms with Gasteiger partial charge in [0.25, 0.3) is 0 Å². The maximum Gasteiger partial charge on any atom is 0.336 e. The molecular weight excluding hydrogens is 328 g/mol. The number of aromatic carboxylic acids is 1. The molecule has 0 spiro atoms. The van der Waals surface area contributed by atoms with Crippen LogP contribution in [0.25, 0.3) is 11.1 Å². The van der Waals surface area contributed by atoms with Gasteiger partial charge in [-0.1, -0.05) is 45.2 Å². The zero-order valence-corrected chi connectivity index (χ0v) is 15.7. The largest absolute Gasteiger partial charge is 0.494 e. The monoisotopic (exact) mass is 356 g/mol. The molecule has 0 fully saturated rings. The Bertz CT molecular complexity index is 692. The molecule has 26 heavy (non-hydrogen) atoms. The Hall–Kier alpha value is -2.49. The third kappa shape index (κ3) is 5.80. The van der Waals surface area contributed by atoms with Gasteiger partial charge in [-0.15, -0.1) is 0 Å². The van der Waals surface area contributed by atoms with Crippen LogP contribution in [0.2, 0.25) is 0 Å². The number of carbonyl (C=O) groups is 1. The summed E-state index contributed by atoms with van der Waals surface area (Å²) in [5.74, 6) is 0.552. The molecular formula is C22H28O4. The minimum atomic E-state index is -0.944. The van der Waals surface area contributed by atoms with E-state index in [9.17, 15) is 9.90 Å². The lowest BCUT2D eigenvalue weighted by Crippen LogP contribution is -2.02. The molecule has 0 aliphatic carbocycles. The molecule has 2 aromatic rings. The summed E-state index contributed by atoms with van der Waals surface area (Å²) in [7, 11) is 0. The molecule has 0 amide bonds. The van der Waals surface area contributed by atoms with Crippen LogP contribution in [0.5, 0.6) is 11.5 Å². The van der Waals surface area contributed by atoms with Crippen molar-refractivity contribution in [2.75, 3.05) is 13.2 Å². The number of benzene rings is 2. The van der Waals surface area contributed by atoms with E-state index in [1.54, 1.807) is 12.1 Å². The number of rotatable bonds is 11. The van der Waals surface area contributed by atoms with Crippen molar-refractivity contribution in [3.05, 3.63) is 48.0 Å². The lowest BCUT2D eigenvalue weighted by atomic mass is 9.99. The Balaban J connectivity index is 2.17. The average molecular weight is 356 g/mol. The smallest absolute Gasteiger partial charge is 0.336 e. The van der Waals surface area contributed by atoms with Gasteiger partial charge >= 0.3 is 5.97 Å². The van der Waals surface area contributed by atoms with Gasteiger partial charge in [-0.2, -0.15) is 0 Å². The second-order valence-electron chi connectivity index (χ2n) is 6.29. The van der Waals surface area contributed by atoms with Crippen LogP contribution in [0.1, 0.15) is 56.3 Å². The quantitative estimate of drug-likeness (QED) is 0.517. The molecule has 1 N–H and O–H groups in total. The Morgan fingerprint density at radius 1 is 0.846 bits per heavy atom. The van der Waals surface area contributed by atoms with Crippen molar-refractivity contribution < 1.29 is 19.4 Å². The van der Waals surface area contributed by atoms with Crippen molar-refractivity contribution in [3.63, 3.8) is 0 Å². The van der Waals surface area contributed by atoms with E-state index in [-0.39, 0.29) is 5.56 Å². The number of ether oxygens (including phenoxy) is 2. The van der Waals surface area contributed by atoms with Gasteiger partial charge in [-0.05, 0) is 54.3 Å². The van der Waals surface area contributed by atoms with E-state index >= 15 is 0 Å². The Morgan fingerprint density at radius 2 is 1.46 bits per heavy atom. The summed E-state index contributed by atoms with van der Waals surface area (Å²) in [4.78, 5) is 11.6. The van der Waals surface area contributed by atoms with Crippen LogP contribution in [0, 0.1) is 0 Å². The summed E-state index contributed by atoms with van der Waals surface area (Å²) in [5, 5.41) is 9.50. The molecule has 0 heterocycles. The molecule has 2 aromatic carbocycles. The van der Waals surface area contributed by atoms with Gasteiger partial charge in [-0.25, -0.2) is 4.79 Å². The van der Waals surface area contributed by atoms with Crippen molar-refractivity contribution in [1.82, 2.24) is 0 Å². The summed E-state index contributed by atoms with van der Waals surface area (Å²) >= 11 is 0. The van der Waals surface area contributed by atoms with Crippen molar-refractivity contribution in [2.24, 2.45) is 0 Å². The first-order valence-corrected chi connectivity index (χ1v) is 9.39. The van der Waals surface area contributed by atoms with Gasteiger partial charge in [0.2, 0.25) is 0 Å². The normalized spacial score (nSPS) is 10.5. The lowest BCUT2D eigenvalue weighted by Gasteiger charge is -2.12. The lowest BCUT2D eigenvalue weighted by molar-refractivity contribution is 0.0697. The fraction of sp³-hybridized carbons (Fsp3) is 0.409. The van der Waals surface area contributed by atoms with E-state index in [4.69, 9.17) is 9.47 Å². The zero-order valence-electron chi connectivity index (χ0n) is 15.7. The molecule has 0 aliphatic rings. The van der Waals surface area contributed by atoms with Crippen molar-refractivity contribution in [3.8, 4) is 22.6 Å². The van der Waals surface area contributed by atoms with Crippen molar-refractivity contribution >= 4 is 5.97 Å². The molecule has 4 nitrogen and oxygen atoms in total. The first-order chi connectivity index (χ1) is 12.7. The summed E-state index contributed by atoms with van der Waals surface area (Å²) in [6.45, 7) is 5.60. The third-order valence-electron chi connectivity index (χ3n) is 4.17. The number of hydrogen-bond acceptors (Lipinski definition) is 3. The molecule has 0 radical (unpaired) electrons. The number of unbranched alkanes of at least 4 members (excludes halogenated alkanes) is 3. The topological polar surface area (TPSA) is 55.8 Å². The molecule has 0 aliphatic heterocycles. The predicted octanol–water partition coefficient (Wildman–Crippen LogP) is 5.80. The summed E-state index contributed by atoms with van der Waals surface area (Å²) < 4.78 is 11.5. The molecule has 0 saturated heterocycles. The van der Waals surface area contributed by atoms with E-state index < -0.39 is 5.97 Å². The summed E-state index contributed by atoms with van der Waals surface area (Å²) in [5.41, 5.74) is 1.76. The molecule has 0 aromatic heterocycles. The average Bonchev–Trinajstić information content (AvgIpc) is 2.66. The molecule has 4 heteroatoms. The molecule has 140 valence electrons. The molecule has 0 atom stereocenters. The summed E-state index contributed by atoms with van der Waals surface area (Å²) in [6, 6.07) is 12.7. The Labute approximate surface area is 155 Å². The van der Waals surface area contributed by atoms with Gasteiger partial charge in [0, 0.05) is 0 Å². The zero-order chi connectivity index (χ0) is 18.8. The van der Waals surface area contributed by atoms with Crippen LogP contribution in [0.15, 0.2) is 42.5 Å². The highest BCUT2D eigenvalue weighted by Gasteiger charge is 2.13. The maximum absolute atomic E-state index is 11.6. The summed E-state index contributed by atoms with van der Waals surface area (Å²) in [6.07, 6.45) is 5.36. The van der Waals surface area contributed by atoms with E-state index in [2.05, 4.69) is 13.8 Å². The fourth-order valence-corrected chi connectivity index (χ4v) is 2.65. The Kier molecular flexibility index (Phi) is 8.00. The highest BCUT2D eigenvalue weighted by Crippen LogP contribution is 2.30. The van der Waals surface area contributed by atoms with Crippen LogP contribution in [-0.2, 0) is 0 Å². The van der Waals surface area contributed by atoms with Crippen LogP contribution < -0.4 is 9.47 Å².